The van der Waals surface area contributed by atoms with Gasteiger partial charge >= 0.3 is 5.97 Å². The van der Waals surface area contributed by atoms with Crippen LogP contribution >= 0.6 is 0 Å². The molecule has 0 radical (unpaired) electrons. The Bertz CT molecular complexity index is 972. The third-order valence-corrected chi connectivity index (χ3v) is 4.13. The molecule has 28 heavy (non-hydrogen) atoms. The summed E-state index contributed by atoms with van der Waals surface area (Å²) in [4.78, 5) is 40.6. The number of aromatic nitrogens is 1. The molecule has 0 fully saturated rings. The number of nitrogens with zero attached hydrogens (tertiary/aromatic N) is 2. The first-order valence-electron chi connectivity index (χ1n) is 8.81. The lowest BCUT2D eigenvalue weighted by Gasteiger charge is -2.14. The number of aliphatic imine (C=N–C) groups is 1. The Balaban J connectivity index is 2.39. The molecular formula is C21H23N3O4. The molecule has 0 atom stereocenters. The van der Waals surface area contributed by atoms with Crippen LogP contribution in [-0.2, 0) is 17.9 Å². The molecule has 1 heterocycles. The summed E-state index contributed by atoms with van der Waals surface area (Å²) < 4.78 is 1.20. The van der Waals surface area contributed by atoms with Crippen molar-refractivity contribution in [3.63, 3.8) is 0 Å². The van der Waals surface area contributed by atoms with Gasteiger partial charge in [-0.3, -0.25) is 19.0 Å². The van der Waals surface area contributed by atoms with Crippen molar-refractivity contribution in [2.45, 2.75) is 33.4 Å². The predicted molar refractivity (Wildman–Crippen MR) is 109 cm³/mol. The molecule has 0 saturated heterocycles. The molecule has 2 N–H and O–H groups in total. The Kier molecular flexibility index (Phi) is 7.03. The number of carbonyl (C=O) groups excluding carboxylic acids is 1. The highest BCUT2D eigenvalue weighted by atomic mass is 16.4. The Morgan fingerprint density at radius 3 is 2.54 bits per heavy atom. The minimum absolute atomic E-state index is 0.0811. The molecular weight excluding hydrogens is 358 g/mol. The summed E-state index contributed by atoms with van der Waals surface area (Å²) in [5.74, 6) is -1.31. The smallest absolute Gasteiger partial charge is 0.305 e. The number of nitrogens with one attached hydrogen (secondary N) is 1. The summed E-state index contributed by atoms with van der Waals surface area (Å²) in [7, 11) is 0. The van der Waals surface area contributed by atoms with E-state index in [9.17, 15) is 14.4 Å². The van der Waals surface area contributed by atoms with Crippen LogP contribution in [0.15, 0.2) is 46.7 Å². The van der Waals surface area contributed by atoms with Gasteiger partial charge < -0.3 is 10.4 Å². The lowest BCUT2D eigenvalue weighted by molar-refractivity contribution is -0.137. The van der Waals surface area contributed by atoms with Crippen molar-refractivity contribution >= 4 is 30.0 Å². The van der Waals surface area contributed by atoms with E-state index in [0.717, 1.165) is 11.1 Å². The third-order valence-electron chi connectivity index (χ3n) is 4.13. The van der Waals surface area contributed by atoms with Crippen molar-refractivity contribution in [3.8, 4) is 0 Å². The summed E-state index contributed by atoms with van der Waals surface area (Å²) in [6.45, 7) is 7.53. The molecule has 0 aliphatic carbocycles. The maximum absolute atomic E-state index is 12.8. The van der Waals surface area contributed by atoms with Crippen LogP contribution in [0.3, 0.4) is 0 Å². The van der Waals surface area contributed by atoms with E-state index in [1.807, 2.05) is 31.2 Å². The molecule has 7 heteroatoms. The molecule has 0 spiro atoms. The minimum atomic E-state index is -1.05. The molecule has 7 nitrogen and oxygen atoms in total. The largest absolute Gasteiger partial charge is 0.481 e. The van der Waals surface area contributed by atoms with Gasteiger partial charge in [0.25, 0.3) is 11.5 Å². The number of hydrogen-bond acceptors (Lipinski definition) is 4. The Labute approximate surface area is 163 Å². The maximum atomic E-state index is 12.8. The van der Waals surface area contributed by atoms with Gasteiger partial charge in [-0.2, -0.15) is 0 Å². The van der Waals surface area contributed by atoms with Crippen molar-refractivity contribution in [3.05, 3.63) is 69.5 Å². The Morgan fingerprint density at radius 1 is 1.29 bits per heavy atom. The van der Waals surface area contributed by atoms with Crippen LogP contribution in [0.5, 0.6) is 0 Å². The average Bonchev–Trinajstić information content (AvgIpc) is 2.67. The summed E-state index contributed by atoms with van der Waals surface area (Å²) in [6.07, 6.45) is 2.71. The molecule has 1 aromatic heterocycles. The number of carboxylic acids is 1. The molecule has 0 bridgehead atoms. The standard InChI is InChI=1S/C21H23N3O4/c1-4-16-12-17(20(27)23-13-15-8-6-14(3)7-9-15)21(28)24(11-10-18(25)26)19(16)22-5-2/h4-9,12H,1,10-11,13H2,2-3H3,(H,23,27)(H,25,26)/b22-5-. The van der Waals surface area contributed by atoms with E-state index in [4.69, 9.17) is 5.11 Å². The summed E-state index contributed by atoms with van der Waals surface area (Å²) in [6, 6.07) is 9.10. The fraction of sp³-hybridized carbons (Fsp3) is 0.238. The van der Waals surface area contributed by atoms with Crippen LogP contribution in [-0.4, -0.2) is 27.8 Å². The second kappa shape index (κ2) is 9.45. The number of rotatable bonds is 8. The molecule has 1 aromatic carbocycles. The van der Waals surface area contributed by atoms with Crippen molar-refractivity contribution in [2.24, 2.45) is 4.99 Å². The fourth-order valence-corrected chi connectivity index (χ4v) is 2.66. The van der Waals surface area contributed by atoms with E-state index < -0.39 is 17.4 Å². The highest BCUT2D eigenvalue weighted by molar-refractivity contribution is 5.95. The second-order valence-electron chi connectivity index (χ2n) is 6.20. The number of carbonyl (C=O) groups is 2. The van der Waals surface area contributed by atoms with Gasteiger partial charge in [-0.05, 0) is 25.5 Å². The Morgan fingerprint density at radius 2 is 1.96 bits per heavy atom. The lowest BCUT2D eigenvalue weighted by atomic mass is 10.1. The zero-order valence-electron chi connectivity index (χ0n) is 15.9. The van der Waals surface area contributed by atoms with Crippen molar-refractivity contribution < 1.29 is 14.7 Å². The summed E-state index contributed by atoms with van der Waals surface area (Å²) >= 11 is 0. The first kappa shape index (κ1) is 20.8. The first-order chi connectivity index (χ1) is 13.4. The zero-order chi connectivity index (χ0) is 20.7. The van der Waals surface area contributed by atoms with Crippen molar-refractivity contribution in [1.82, 2.24) is 9.88 Å². The van der Waals surface area contributed by atoms with Crippen LogP contribution < -0.4 is 10.9 Å². The average molecular weight is 381 g/mol. The molecule has 2 rings (SSSR count). The van der Waals surface area contributed by atoms with Gasteiger partial charge in [0.1, 0.15) is 11.4 Å². The third kappa shape index (κ3) is 5.03. The van der Waals surface area contributed by atoms with Gasteiger partial charge in [-0.25, -0.2) is 4.99 Å². The first-order valence-corrected chi connectivity index (χ1v) is 8.81. The normalized spacial score (nSPS) is 10.8. The molecule has 146 valence electrons. The molecule has 0 aliphatic rings. The lowest BCUT2D eigenvalue weighted by Crippen LogP contribution is -2.33. The van der Waals surface area contributed by atoms with E-state index in [1.165, 1.54) is 22.9 Å². The van der Waals surface area contributed by atoms with Gasteiger partial charge in [0.15, 0.2) is 0 Å². The molecule has 1 amide bonds. The van der Waals surface area contributed by atoms with Crippen LogP contribution in [0.1, 0.15) is 40.4 Å². The van der Waals surface area contributed by atoms with E-state index >= 15 is 0 Å². The maximum Gasteiger partial charge on any atom is 0.305 e. The highest BCUT2D eigenvalue weighted by Crippen LogP contribution is 2.20. The molecule has 2 aromatic rings. The second-order valence-corrected chi connectivity index (χ2v) is 6.20. The van der Waals surface area contributed by atoms with E-state index in [2.05, 4.69) is 16.9 Å². The fourth-order valence-electron chi connectivity index (χ4n) is 2.66. The molecule has 0 aliphatic heterocycles. The van der Waals surface area contributed by atoms with E-state index in [-0.39, 0.29) is 30.9 Å². The SMILES string of the molecule is C=Cc1cc(C(=O)NCc2ccc(C)cc2)c(=O)n(CCC(=O)O)c1/N=C\C. The van der Waals surface area contributed by atoms with Gasteiger partial charge in [0, 0.05) is 24.9 Å². The van der Waals surface area contributed by atoms with Crippen molar-refractivity contribution in [2.75, 3.05) is 0 Å². The van der Waals surface area contributed by atoms with Crippen LogP contribution in [0, 0.1) is 6.92 Å². The summed E-state index contributed by atoms with van der Waals surface area (Å²) in [5, 5.41) is 11.7. The number of aliphatic carboxylic acids is 1. The van der Waals surface area contributed by atoms with Crippen molar-refractivity contribution in [1.29, 1.82) is 0 Å². The summed E-state index contributed by atoms with van der Waals surface area (Å²) in [5.41, 5.74) is 1.82. The quantitative estimate of drug-likeness (QED) is 0.687. The van der Waals surface area contributed by atoms with E-state index in [1.54, 1.807) is 6.92 Å². The van der Waals surface area contributed by atoms with Crippen LogP contribution in [0.25, 0.3) is 6.08 Å². The zero-order valence-corrected chi connectivity index (χ0v) is 15.9. The van der Waals surface area contributed by atoms with Gasteiger partial charge in [-0.1, -0.05) is 42.5 Å². The predicted octanol–water partition coefficient (Wildman–Crippen LogP) is 2.93. The number of amides is 1. The number of hydrogen-bond donors (Lipinski definition) is 2. The number of pyridine rings is 1. The van der Waals surface area contributed by atoms with E-state index in [0.29, 0.717) is 5.56 Å². The number of aryl methyl sites for hydroxylation is 1. The van der Waals surface area contributed by atoms with Gasteiger partial charge in [-0.15, -0.1) is 0 Å². The number of benzene rings is 1. The Hall–Kier alpha value is -3.48. The van der Waals surface area contributed by atoms with Crippen LogP contribution in [0.4, 0.5) is 5.82 Å². The van der Waals surface area contributed by atoms with Crippen LogP contribution in [0.2, 0.25) is 0 Å². The molecule has 0 saturated carbocycles. The van der Waals surface area contributed by atoms with Gasteiger partial charge in [0.2, 0.25) is 0 Å². The topological polar surface area (TPSA) is 101 Å². The highest BCUT2D eigenvalue weighted by Gasteiger charge is 2.18. The number of carboxylic acid groups (broad SMARTS) is 1. The minimum Gasteiger partial charge on any atom is -0.481 e. The van der Waals surface area contributed by atoms with Gasteiger partial charge in [0.05, 0.1) is 6.42 Å². The monoisotopic (exact) mass is 381 g/mol. The molecule has 0 unspecified atom stereocenters.